The third kappa shape index (κ3) is 4.58. The molecule has 1 N–H and O–H groups in total. The van der Waals surface area contributed by atoms with Crippen LogP contribution in [-0.4, -0.2) is 37.4 Å². The summed E-state index contributed by atoms with van der Waals surface area (Å²) in [5.74, 6) is -1.38. The Bertz CT molecular complexity index is 500. The summed E-state index contributed by atoms with van der Waals surface area (Å²) >= 11 is 1.55. The smallest absolute Gasteiger partial charge is 0.413 e. The summed E-state index contributed by atoms with van der Waals surface area (Å²) in [6.07, 6.45) is -0.0731. The minimum absolute atomic E-state index is 0.334. The number of ether oxygens (including phenoxy) is 2. The summed E-state index contributed by atoms with van der Waals surface area (Å²) in [5.41, 5.74) is 0.334. The Labute approximate surface area is 120 Å². The molecular weight excluding hydrogens is 282 g/mol. The molecule has 0 spiro atoms. The molecule has 7 heteroatoms. The van der Waals surface area contributed by atoms with Gasteiger partial charge in [-0.2, -0.15) is 0 Å². The highest BCUT2D eigenvalue weighted by atomic mass is 32.2. The Hall–Kier alpha value is -2.02. The molecule has 6 nitrogen and oxygen atoms in total. The van der Waals surface area contributed by atoms with Crippen molar-refractivity contribution in [1.82, 2.24) is 5.32 Å². The van der Waals surface area contributed by atoms with Crippen molar-refractivity contribution in [1.29, 1.82) is 0 Å². The van der Waals surface area contributed by atoms with Gasteiger partial charge in [0.1, 0.15) is 0 Å². The Balaban J connectivity index is 2.60. The van der Waals surface area contributed by atoms with Crippen LogP contribution >= 0.6 is 11.8 Å². The number of thioether (sulfide) groups is 1. The molecule has 0 unspecified atom stereocenters. The van der Waals surface area contributed by atoms with E-state index in [1.165, 1.54) is 6.92 Å². The Morgan fingerprint density at radius 2 is 1.80 bits per heavy atom. The summed E-state index contributed by atoms with van der Waals surface area (Å²) in [7, 11) is 1.13. The molecule has 0 saturated heterocycles. The molecule has 1 atom stereocenters. The molecule has 2 amide bonds. The van der Waals surface area contributed by atoms with E-state index in [9.17, 15) is 14.4 Å². The number of nitrogens with one attached hydrogen (secondary N) is 1. The molecule has 108 valence electrons. The van der Waals surface area contributed by atoms with E-state index in [1.54, 1.807) is 36.0 Å². The fraction of sp³-hybridized carbons (Fsp3) is 0.308. The molecule has 0 radical (unpaired) electrons. The maximum atomic E-state index is 11.8. The van der Waals surface area contributed by atoms with Crippen LogP contribution in [0, 0.1) is 0 Å². The first kappa shape index (κ1) is 16.0. The first-order valence-electron chi connectivity index (χ1n) is 5.71. The van der Waals surface area contributed by atoms with E-state index in [0.717, 1.165) is 12.0 Å². The molecule has 1 rings (SSSR count). The number of carbonyl (C=O) groups is 3. The van der Waals surface area contributed by atoms with Crippen LogP contribution in [0.2, 0.25) is 0 Å². The molecule has 0 heterocycles. The van der Waals surface area contributed by atoms with Crippen molar-refractivity contribution in [3.8, 4) is 0 Å². The van der Waals surface area contributed by atoms with E-state index in [2.05, 4.69) is 4.74 Å². The number of carbonyl (C=O) groups excluding carboxylic acids is 3. The van der Waals surface area contributed by atoms with Crippen molar-refractivity contribution in [3.63, 3.8) is 0 Å². The van der Waals surface area contributed by atoms with Crippen molar-refractivity contribution in [2.24, 2.45) is 0 Å². The second-order valence-electron chi connectivity index (χ2n) is 3.76. The van der Waals surface area contributed by atoms with E-state index >= 15 is 0 Å². The van der Waals surface area contributed by atoms with Crippen LogP contribution in [-0.2, 0) is 14.3 Å². The number of methoxy groups -OCH3 is 1. The van der Waals surface area contributed by atoms with Gasteiger partial charge in [-0.3, -0.25) is 10.1 Å². The lowest BCUT2D eigenvalue weighted by molar-refractivity contribution is -0.128. The van der Waals surface area contributed by atoms with Crippen LogP contribution in [0.3, 0.4) is 0 Å². The number of alkyl carbamates (subject to hydrolysis) is 1. The lowest BCUT2D eigenvalue weighted by Gasteiger charge is -2.12. The van der Waals surface area contributed by atoms with Gasteiger partial charge in [0.15, 0.2) is 6.10 Å². The van der Waals surface area contributed by atoms with Crippen molar-refractivity contribution >= 4 is 29.7 Å². The Morgan fingerprint density at radius 1 is 1.20 bits per heavy atom. The molecule has 0 fully saturated rings. The van der Waals surface area contributed by atoms with E-state index in [1.807, 2.05) is 11.6 Å². The molecule has 20 heavy (non-hydrogen) atoms. The standard InChI is InChI=1S/C13H15NO5S/c1-8(11(15)14-13(17)18-2)19-12(16)9-4-6-10(20-3)7-5-9/h4-8H,1-3H3,(H,14,15,17)/t8-/m0/s1. The minimum atomic E-state index is -1.10. The van der Waals surface area contributed by atoms with E-state index in [4.69, 9.17) is 4.74 Å². The summed E-state index contributed by atoms with van der Waals surface area (Å²) < 4.78 is 9.22. The topological polar surface area (TPSA) is 81.7 Å². The van der Waals surface area contributed by atoms with Crippen LogP contribution in [0.5, 0.6) is 0 Å². The van der Waals surface area contributed by atoms with Crippen LogP contribution in [0.1, 0.15) is 17.3 Å². The first-order chi connectivity index (χ1) is 9.47. The Kier molecular flexibility index (Phi) is 6.05. The zero-order valence-corrected chi connectivity index (χ0v) is 12.2. The Morgan fingerprint density at radius 3 is 2.30 bits per heavy atom. The predicted molar refractivity (Wildman–Crippen MR) is 73.6 cm³/mol. The molecule has 0 aliphatic carbocycles. The molecular formula is C13H15NO5S. The maximum Gasteiger partial charge on any atom is 0.413 e. The molecule has 1 aromatic rings. The molecule has 0 aliphatic rings. The number of hydrogen-bond acceptors (Lipinski definition) is 6. The maximum absolute atomic E-state index is 11.8. The van der Waals surface area contributed by atoms with Crippen LogP contribution in [0.15, 0.2) is 29.2 Å². The SMILES string of the molecule is COC(=O)NC(=O)[C@H](C)OC(=O)c1ccc(SC)cc1. The average Bonchev–Trinajstić information content (AvgIpc) is 2.46. The third-order valence-corrected chi connectivity index (χ3v) is 3.13. The highest BCUT2D eigenvalue weighted by Crippen LogP contribution is 2.15. The van der Waals surface area contributed by atoms with Crippen LogP contribution < -0.4 is 5.32 Å². The lowest BCUT2D eigenvalue weighted by atomic mass is 10.2. The van der Waals surface area contributed by atoms with Gasteiger partial charge in [-0.05, 0) is 37.4 Å². The largest absolute Gasteiger partial charge is 0.453 e. The summed E-state index contributed by atoms with van der Waals surface area (Å²) in [6, 6.07) is 6.78. The van der Waals surface area contributed by atoms with E-state index in [-0.39, 0.29) is 0 Å². The zero-order valence-electron chi connectivity index (χ0n) is 11.3. The van der Waals surface area contributed by atoms with Crippen molar-refractivity contribution < 1.29 is 23.9 Å². The van der Waals surface area contributed by atoms with Gasteiger partial charge in [-0.1, -0.05) is 0 Å². The highest BCUT2D eigenvalue weighted by Gasteiger charge is 2.20. The van der Waals surface area contributed by atoms with Crippen molar-refractivity contribution in [2.75, 3.05) is 13.4 Å². The quantitative estimate of drug-likeness (QED) is 0.674. The summed E-state index contributed by atoms with van der Waals surface area (Å²) in [4.78, 5) is 35.1. The number of benzene rings is 1. The highest BCUT2D eigenvalue weighted by molar-refractivity contribution is 7.98. The zero-order chi connectivity index (χ0) is 15.1. The van der Waals surface area contributed by atoms with Gasteiger partial charge in [0.25, 0.3) is 5.91 Å². The van der Waals surface area contributed by atoms with E-state index in [0.29, 0.717) is 5.56 Å². The predicted octanol–water partition coefficient (Wildman–Crippen LogP) is 1.84. The number of amides is 2. The number of rotatable bonds is 4. The van der Waals surface area contributed by atoms with Gasteiger partial charge in [0.05, 0.1) is 12.7 Å². The second kappa shape index (κ2) is 7.54. The van der Waals surface area contributed by atoms with Gasteiger partial charge < -0.3 is 9.47 Å². The fourth-order valence-electron chi connectivity index (χ4n) is 1.26. The first-order valence-corrected chi connectivity index (χ1v) is 6.94. The van der Waals surface area contributed by atoms with Gasteiger partial charge in [-0.25, -0.2) is 9.59 Å². The molecule has 0 bridgehead atoms. The molecule has 0 aliphatic heterocycles. The lowest BCUT2D eigenvalue weighted by Crippen LogP contribution is -2.39. The van der Waals surface area contributed by atoms with E-state index < -0.39 is 24.1 Å². The van der Waals surface area contributed by atoms with Gasteiger partial charge in [-0.15, -0.1) is 11.8 Å². The van der Waals surface area contributed by atoms with Gasteiger partial charge >= 0.3 is 12.1 Å². The summed E-state index contributed by atoms with van der Waals surface area (Å²) in [5, 5.41) is 1.92. The molecule has 1 aromatic carbocycles. The average molecular weight is 297 g/mol. The van der Waals surface area contributed by atoms with Gasteiger partial charge in [0.2, 0.25) is 0 Å². The monoisotopic (exact) mass is 297 g/mol. The van der Waals surface area contributed by atoms with Gasteiger partial charge in [0, 0.05) is 4.90 Å². The van der Waals surface area contributed by atoms with Crippen LogP contribution in [0.4, 0.5) is 4.79 Å². The third-order valence-electron chi connectivity index (χ3n) is 2.39. The normalized spacial score (nSPS) is 11.3. The van der Waals surface area contributed by atoms with Crippen molar-refractivity contribution in [3.05, 3.63) is 29.8 Å². The van der Waals surface area contributed by atoms with Crippen molar-refractivity contribution in [2.45, 2.75) is 17.9 Å². The minimum Gasteiger partial charge on any atom is -0.453 e. The van der Waals surface area contributed by atoms with Crippen LogP contribution in [0.25, 0.3) is 0 Å². The second-order valence-corrected chi connectivity index (χ2v) is 4.64. The fourth-order valence-corrected chi connectivity index (χ4v) is 1.67. The molecule has 0 aromatic heterocycles. The number of hydrogen-bond donors (Lipinski definition) is 1. The number of imide groups is 1. The molecule has 0 saturated carbocycles. The number of esters is 1. The summed E-state index contributed by atoms with van der Waals surface area (Å²) in [6.45, 7) is 1.37.